The van der Waals surface area contributed by atoms with Crippen molar-refractivity contribution in [3.63, 3.8) is 0 Å². The largest absolute Gasteiger partial charge is 0.479 e. The number of nitrogens with two attached hydrogens (primary N) is 1. The lowest BCUT2D eigenvalue weighted by molar-refractivity contribution is -0.125. The van der Waals surface area contributed by atoms with E-state index in [0.717, 1.165) is 0 Å². The van der Waals surface area contributed by atoms with E-state index in [2.05, 4.69) is 0 Å². The molecule has 0 fully saturated rings. The van der Waals surface area contributed by atoms with E-state index in [1.165, 1.54) is 12.1 Å². The van der Waals surface area contributed by atoms with Gasteiger partial charge in [-0.25, -0.2) is 4.39 Å². The van der Waals surface area contributed by atoms with Gasteiger partial charge in [0.2, 0.25) is 0 Å². The number of anilines is 1. The SMILES string of the molecule is CC1Oc2ccc(F)cc2N(CCCN)C1=O. The Balaban J connectivity index is 2.36. The number of hydrogen-bond donors (Lipinski definition) is 1. The molecule has 5 heteroatoms. The van der Waals surface area contributed by atoms with Crippen molar-refractivity contribution in [1.82, 2.24) is 0 Å². The van der Waals surface area contributed by atoms with Crippen molar-refractivity contribution in [3.8, 4) is 5.75 Å². The molecule has 1 unspecified atom stereocenters. The van der Waals surface area contributed by atoms with E-state index in [1.807, 2.05) is 0 Å². The van der Waals surface area contributed by atoms with E-state index in [4.69, 9.17) is 10.5 Å². The van der Waals surface area contributed by atoms with Crippen molar-refractivity contribution >= 4 is 11.6 Å². The maximum Gasteiger partial charge on any atom is 0.267 e. The van der Waals surface area contributed by atoms with Gasteiger partial charge >= 0.3 is 0 Å². The summed E-state index contributed by atoms with van der Waals surface area (Å²) in [5, 5.41) is 0. The smallest absolute Gasteiger partial charge is 0.267 e. The Morgan fingerprint density at radius 1 is 1.53 bits per heavy atom. The highest BCUT2D eigenvalue weighted by Gasteiger charge is 2.31. The van der Waals surface area contributed by atoms with Crippen LogP contribution in [0.5, 0.6) is 5.75 Å². The van der Waals surface area contributed by atoms with Crippen molar-refractivity contribution in [2.24, 2.45) is 5.73 Å². The zero-order chi connectivity index (χ0) is 12.4. The lowest BCUT2D eigenvalue weighted by atomic mass is 10.1. The molecule has 1 atom stereocenters. The number of fused-ring (bicyclic) bond motifs is 1. The van der Waals surface area contributed by atoms with Crippen LogP contribution in [0, 0.1) is 5.82 Å². The molecule has 1 aromatic rings. The van der Waals surface area contributed by atoms with Gasteiger partial charge < -0.3 is 15.4 Å². The maximum atomic E-state index is 13.2. The van der Waals surface area contributed by atoms with Crippen LogP contribution in [0.15, 0.2) is 18.2 Å². The Bertz CT molecular complexity index is 437. The fourth-order valence-electron chi connectivity index (χ4n) is 1.86. The normalized spacial score (nSPS) is 18.9. The summed E-state index contributed by atoms with van der Waals surface area (Å²) in [5.41, 5.74) is 5.92. The van der Waals surface area contributed by atoms with Gasteiger partial charge in [0, 0.05) is 12.6 Å². The Kier molecular flexibility index (Phi) is 3.28. The molecule has 0 aromatic heterocycles. The Hall–Kier alpha value is -1.62. The first kappa shape index (κ1) is 11.9. The number of ether oxygens (including phenoxy) is 1. The van der Waals surface area contributed by atoms with Gasteiger partial charge in [-0.2, -0.15) is 0 Å². The van der Waals surface area contributed by atoms with E-state index in [0.29, 0.717) is 30.9 Å². The van der Waals surface area contributed by atoms with Gasteiger partial charge in [0.15, 0.2) is 6.10 Å². The van der Waals surface area contributed by atoms with E-state index < -0.39 is 6.10 Å². The van der Waals surface area contributed by atoms with Gasteiger partial charge in [-0.05, 0) is 32.0 Å². The highest BCUT2D eigenvalue weighted by atomic mass is 19.1. The number of hydrogen-bond acceptors (Lipinski definition) is 3. The van der Waals surface area contributed by atoms with Crippen LogP contribution in [0.25, 0.3) is 0 Å². The van der Waals surface area contributed by atoms with Gasteiger partial charge in [0.25, 0.3) is 5.91 Å². The van der Waals surface area contributed by atoms with E-state index in [9.17, 15) is 9.18 Å². The van der Waals surface area contributed by atoms with Gasteiger partial charge in [-0.15, -0.1) is 0 Å². The first-order valence-corrected chi connectivity index (χ1v) is 5.61. The molecule has 1 aromatic carbocycles. The number of halogens is 1. The predicted octanol–water partition coefficient (Wildman–Crippen LogP) is 1.29. The summed E-state index contributed by atoms with van der Waals surface area (Å²) in [5.74, 6) is -0.000442. The standard InChI is InChI=1S/C12H15FN2O2/c1-8-12(16)15(6-2-5-14)10-7-9(13)3-4-11(10)17-8/h3-4,7-8H,2,5-6,14H2,1H3. The Morgan fingerprint density at radius 3 is 3.00 bits per heavy atom. The molecule has 0 bridgehead atoms. The van der Waals surface area contributed by atoms with Crippen LogP contribution < -0.4 is 15.4 Å². The predicted molar refractivity (Wildman–Crippen MR) is 62.5 cm³/mol. The molecule has 1 aliphatic heterocycles. The average molecular weight is 238 g/mol. The van der Waals surface area contributed by atoms with Crippen molar-refractivity contribution in [2.75, 3.05) is 18.0 Å². The second-order valence-electron chi connectivity index (χ2n) is 4.00. The average Bonchev–Trinajstić information content (AvgIpc) is 2.31. The summed E-state index contributed by atoms with van der Waals surface area (Å²) in [6.45, 7) is 2.66. The highest BCUT2D eigenvalue weighted by molar-refractivity contribution is 5.99. The van der Waals surface area contributed by atoms with Crippen LogP contribution in [0.3, 0.4) is 0 Å². The number of benzene rings is 1. The number of nitrogens with zero attached hydrogens (tertiary/aromatic N) is 1. The molecular formula is C12H15FN2O2. The van der Waals surface area contributed by atoms with Crippen LogP contribution in [0.2, 0.25) is 0 Å². The summed E-state index contributed by atoms with van der Waals surface area (Å²) < 4.78 is 18.6. The molecule has 1 aliphatic rings. The van der Waals surface area contributed by atoms with Gasteiger partial charge in [0.05, 0.1) is 5.69 Å². The third-order valence-electron chi connectivity index (χ3n) is 2.72. The molecule has 0 spiro atoms. The highest BCUT2D eigenvalue weighted by Crippen LogP contribution is 2.34. The summed E-state index contributed by atoms with van der Waals surface area (Å²) in [6.07, 6.45) is 0.139. The van der Waals surface area contributed by atoms with E-state index in [1.54, 1.807) is 17.9 Å². The first-order valence-electron chi connectivity index (χ1n) is 5.61. The molecule has 2 rings (SSSR count). The molecule has 92 valence electrons. The van der Waals surface area contributed by atoms with Crippen molar-refractivity contribution in [1.29, 1.82) is 0 Å². The third-order valence-corrected chi connectivity index (χ3v) is 2.72. The van der Waals surface area contributed by atoms with Crippen molar-refractivity contribution in [2.45, 2.75) is 19.4 Å². The van der Waals surface area contributed by atoms with Crippen LogP contribution >= 0.6 is 0 Å². The number of carbonyl (C=O) groups is 1. The van der Waals surface area contributed by atoms with E-state index >= 15 is 0 Å². The topological polar surface area (TPSA) is 55.6 Å². The number of carbonyl (C=O) groups excluding carboxylic acids is 1. The summed E-state index contributed by atoms with van der Waals surface area (Å²) in [6, 6.07) is 4.18. The lowest BCUT2D eigenvalue weighted by Crippen LogP contribution is -2.45. The molecule has 0 radical (unpaired) electrons. The third kappa shape index (κ3) is 2.24. The van der Waals surface area contributed by atoms with E-state index in [-0.39, 0.29) is 11.7 Å². The maximum absolute atomic E-state index is 13.2. The molecule has 2 N–H and O–H groups in total. The lowest BCUT2D eigenvalue weighted by Gasteiger charge is -2.32. The Labute approximate surface area is 99.2 Å². The monoisotopic (exact) mass is 238 g/mol. The molecule has 0 saturated heterocycles. The molecule has 0 aliphatic carbocycles. The quantitative estimate of drug-likeness (QED) is 0.863. The number of amides is 1. The van der Waals surface area contributed by atoms with Crippen LogP contribution in [-0.4, -0.2) is 25.1 Å². The molecule has 1 amide bonds. The van der Waals surface area contributed by atoms with Gasteiger partial charge in [-0.3, -0.25) is 4.79 Å². The van der Waals surface area contributed by atoms with Crippen molar-refractivity contribution < 1.29 is 13.9 Å². The minimum Gasteiger partial charge on any atom is -0.479 e. The second-order valence-corrected chi connectivity index (χ2v) is 4.00. The summed E-state index contributed by atoms with van der Waals surface area (Å²) in [4.78, 5) is 13.5. The zero-order valence-corrected chi connectivity index (χ0v) is 9.65. The zero-order valence-electron chi connectivity index (χ0n) is 9.65. The fraction of sp³-hybridized carbons (Fsp3) is 0.417. The van der Waals surface area contributed by atoms with Crippen molar-refractivity contribution in [3.05, 3.63) is 24.0 Å². The fourth-order valence-corrected chi connectivity index (χ4v) is 1.86. The van der Waals surface area contributed by atoms with Crippen LogP contribution in [0.4, 0.5) is 10.1 Å². The minimum absolute atomic E-state index is 0.156. The second kappa shape index (κ2) is 4.71. The number of rotatable bonds is 3. The molecule has 1 heterocycles. The first-order chi connectivity index (χ1) is 8.13. The summed E-state index contributed by atoms with van der Waals surface area (Å²) >= 11 is 0. The molecule has 17 heavy (non-hydrogen) atoms. The minimum atomic E-state index is -0.536. The molecule has 0 saturated carbocycles. The molecular weight excluding hydrogens is 223 g/mol. The summed E-state index contributed by atoms with van der Waals surface area (Å²) in [7, 11) is 0. The van der Waals surface area contributed by atoms with Gasteiger partial charge in [-0.1, -0.05) is 0 Å². The van der Waals surface area contributed by atoms with Crippen LogP contribution in [-0.2, 0) is 4.79 Å². The Morgan fingerprint density at radius 2 is 2.29 bits per heavy atom. The molecule has 4 nitrogen and oxygen atoms in total. The van der Waals surface area contributed by atoms with Crippen LogP contribution in [0.1, 0.15) is 13.3 Å². The van der Waals surface area contributed by atoms with Gasteiger partial charge in [0.1, 0.15) is 11.6 Å².